The van der Waals surface area contributed by atoms with E-state index in [-0.39, 0.29) is 0 Å². The Morgan fingerprint density at radius 3 is 2.83 bits per heavy atom. The van der Waals surface area contributed by atoms with Crippen LogP contribution in [0.15, 0.2) is 28.7 Å². The Hall–Kier alpha value is -0.310. The van der Waals surface area contributed by atoms with Gasteiger partial charge in [0.25, 0.3) is 0 Å². The molecule has 0 bridgehead atoms. The summed E-state index contributed by atoms with van der Waals surface area (Å²) >= 11 is 9.27. The van der Waals surface area contributed by atoms with Gasteiger partial charge in [0, 0.05) is 16.0 Å². The second-order valence-electron chi connectivity index (χ2n) is 2.30. The molecule has 1 rings (SSSR count). The molecule has 0 aliphatic rings. The number of rotatable bonds is 2. The predicted molar refractivity (Wildman–Crippen MR) is 57.2 cm³/mol. The minimum Gasteiger partial charge on any atom is -0.327 e. The first-order chi connectivity index (χ1) is 5.74. The molecular formula is C9H9BrClN. The fourth-order valence-electron chi connectivity index (χ4n) is 0.832. The molecule has 1 aromatic rings. The minimum absolute atomic E-state index is 0.534. The van der Waals surface area contributed by atoms with Crippen LogP contribution in [0.3, 0.4) is 0 Å². The molecule has 12 heavy (non-hydrogen) atoms. The fraction of sp³-hybridized carbons (Fsp3) is 0.111. The smallest absolute Gasteiger partial charge is 0.0489 e. The average molecular weight is 247 g/mol. The summed E-state index contributed by atoms with van der Waals surface area (Å²) in [6.07, 6.45) is 3.78. The van der Waals surface area contributed by atoms with Crippen LogP contribution in [0.5, 0.6) is 0 Å². The zero-order valence-electron chi connectivity index (χ0n) is 6.43. The van der Waals surface area contributed by atoms with Crippen molar-refractivity contribution in [3.05, 3.63) is 39.3 Å². The van der Waals surface area contributed by atoms with Crippen LogP contribution < -0.4 is 5.73 Å². The summed E-state index contributed by atoms with van der Waals surface area (Å²) in [6, 6.07) is 5.75. The van der Waals surface area contributed by atoms with Crippen LogP contribution in [0.25, 0.3) is 6.08 Å². The van der Waals surface area contributed by atoms with E-state index in [2.05, 4.69) is 15.9 Å². The van der Waals surface area contributed by atoms with Gasteiger partial charge in [-0.1, -0.05) is 45.7 Å². The summed E-state index contributed by atoms with van der Waals surface area (Å²) in [4.78, 5) is 0. The van der Waals surface area contributed by atoms with Crippen molar-refractivity contribution in [3.8, 4) is 0 Å². The highest BCUT2D eigenvalue weighted by atomic mass is 79.9. The SMILES string of the molecule is NCC=Cc1ccc(Br)cc1Cl. The predicted octanol–water partition coefficient (Wildman–Crippen LogP) is 3.07. The second kappa shape index (κ2) is 4.65. The van der Waals surface area contributed by atoms with Crippen LogP contribution in [0.2, 0.25) is 5.02 Å². The van der Waals surface area contributed by atoms with E-state index in [1.165, 1.54) is 0 Å². The van der Waals surface area contributed by atoms with E-state index in [1.54, 1.807) is 0 Å². The fourth-order valence-corrected chi connectivity index (χ4v) is 1.57. The molecule has 0 aromatic heterocycles. The van der Waals surface area contributed by atoms with E-state index in [4.69, 9.17) is 17.3 Å². The lowest BCUT2D eigenvalue weighted by Crippen LogP contribution is -1.91. The Balaban J connectivity index is 2.94. The standard InChI is InChI=1S/C9H9BrClN/c10-8-4-3-7(2-1-5-12)9(11)6-8/h1-4,6H,5,12H2. The summed E-state index contributed by atoms with van der Waals surface area (Å²) in [5.41, 5.74) is 6.31. The van der Waals surface area contributed by atoms with Crippen LogP contribution in [0.4, 0.5) is 0 Å². The minimum atomic E-state index is 0.534. The van der Waals surface area contributed by atoms with E-state index >= 15 is 0 Å². The van der Waals surface area contributed by atoms with Gasteiger partial charge in [-0.25, -0.2) is 0 Å². The first kappa shape index (κ1) is 9.78. The third-order valence-electron chi connectivity index (χ3n) is 1.40. The summed E-state index contributed by atoms with van der Waals surface area (Å²) in [6.45, 7) is 0.534. The van der Waals surface area contributed by atoms with Gasteiger partial charge in [0.15, 0.2) is 0 Å². The molecule has 2 N–H and O–H groups in total. The van der Waals surface area contributed by atoms with Crippen molar-refractivity contribution < 1.29 is 0 Å². The molecule has 64 valence electrons. The highest BCUT2D eigenvalue weighted by Crippen LogP contribution is 2.22. The average Bonchev–Trinajstić information content (AvgIpc) is 2.03. The van der Waals surface area contributed by atoms with Crippen molar-refractivity contribution in [1.82, 2.24) is 0 Å². The van der Waals surface area contributed by atoms with Gasteiger partial charge in [-0.2, -0.15) is 0 Å². The zero-order chi connectivity index (χ0) is 8.97. The largest absolute Gasteiger partial charge is 0.327 e. The van der Waals surface area contributed by atoms with E-state index < -0.39 is 0 Å². The quantitative estimate of drug-likeness (QED) is 0.853. The molecule has 0 saturated heterocycles. The van der Waals surface area contributed by atoms with Crippen LogP contribution >= 0.6 is 27.5 Å². The third-order valence-corrected chi connectivity index (χ3v) is 2.22. The van der Waals surface area contributed by atoms with Crippen molar-refractivity contribution in [1.29, 1.82) is 0 Å². The zero-order valence-corrected chi connectivity index (χ0v) is 8.77. The molecule has 0 atom stereocenters. The molecule has 0 saturated carbocycles. The summed E-state index contributed by atoms with van der Waals surface area (Å²) < 4.78 is 0.984. The van der Waals surface area contributed by atoms with Gasteiger partial charge in [-0.15, -0.1) is 0 Å². The highest BCUT2D eigenvalue weighted by Gasteiger charge is 1.95. The normalized spacial score (nSPS) is 10.9. The van der Waals surface area contributed by atoms with Gasteiger partial charge in [-0.05, 0) is 17.7 Å². The van der Waals surface area contributed by atoms with Crippen LogP contribution in [0.1, 0.15) is 5.56 Å². The lowest BCUT2D eigenvalue weighted by Gasteiger charge is -1.97. The van der Waals surface area contributed by atoms with E-state index in [1.807, 2.05) is 30.4 Å². The van der Waals surface area contributed by atoms with Gasteiger partial charge in [-0.3, -0.25) is 0 Å². The van der Waals surface area contributed by atoms with Gasteiger partial charge in [0.05, 0.1) is 0 Å². The molecule has 0 spiro atoms. The molecule has 0 fully saturated rings. The number of benzene rings is 1. The Labute approximate surface area is 85.3 Å². The Kier molecular flexibility index (Phi) is 3.79. The van der Waals surface area contributed by atoms with Gasteiger partial charge >= 0.3 is 0 Å². The summed E-state index contributed by atoms with van der Waals surface area (Å²) in [5.74, 6) is 0. The Bertz CT molecular complexity index is 297. The molecule has 1 nitrogen and oxygen atoms in total. The first-order valence-electron chi connectivity index (χ1n) is 3.55. The number of halogens is 2. The van der Waals surface area contributed by atoms with Crippen LogP contribution in [0, 0.1) is 0 Å². The Morgan fingerprint density at radius 1 is 1.50 bits per heavy atom. The van der Waals surface area contributed by atoms with Gasteiger partial charge in [0.2, 0.25) is 0 Å². The monoisotopic (exact) mass is 245 g/mol. The highest BCUT2D eigenvalue weighted by molar-refractivity contribution is 9.10. The first-order valence-corrected chi connectivity index (χ1v) is 4.73. The summed E-state index contributed by atoms with van der Waals surface area (Å²) in [5, 5.41) is 0.731. The lowest BCUT2D eigenvalue weighted by molar-refractivity contribution is 1.26. The van der Waals surface area contributed by atoms with E-state index in [0.29, 0.717) is 6.54 Å². The Morgan fingerprint density at radius 2 is 2.25 bits per heavy atom. The molecule has 3 heteroatoms. The van der Waals surface area contributed by atoms with Crippen molar-refractivity contribution in [2.75, 3.05) is 6.54 Å². The molecule has 0 heterocycles. The van der Waals surface area contributed by atoms with Gasteiger partial charge in [0.1, 0.15) is 0 Å². The van der Waals surface area contributed by atoms with Crippen molar-refractivity contribution in [3.63, 3.8) is 0 Å². The lowest BCUT2D eigenvalue weighted by atomic mass is 10.2. The number of hydrogen-bond donors (Lipinski definition) is 1. The molecule has 1 aromatic carbocycles. The van der Waals surface area contributed by atoms with E-state index in [9.17, 15) is 0 Å². The maximum atomic E-state index is 5.94. The van der Waals surface area contributed by atoms with Crippen molar-refractivity contribution in [2.24, 2.45) is 5.73 Å². The molecular weight excluding hydrogens is 237 g/mol. The molecule has 0 aliphatic carbocycles. The van der Waals surface area contributed by atoms with Gasteiger partial charge < -0.3 is 5.73 Å². The maximum absolute atomic E-state index is 5.94. The van der Waals surface area contributed by atoms with Crippen molar-refractivity contribution >= 4 is 33.6 Å². The summed E-state index contributed by atoms with van der Waals surface area (Å²) in [7, 11) is 0. The van der Waals surface area contributed by atoms with Crippen molar-refractivity contribution in [2.45, 2.75) is 0 Å². The third kappa shape index (κ3) is 2.63. The van der Waals surface area contributed by atoms with Crippen LogP contribution in [-0.2, 0) is 0 Å². The molecule has 0 radical (unpaired) electrons. The molecule has 0 aliphatic heterocycles. The molecule has 0 amide bonds. The number of nitrogens with two attached hydrogens (primary N) is 1. The molecule has 0 unspecified atom stereocenters. The topological polar surface area (TPSA) is 26.0 Å². The second-order valence-corrected chi connectivity index (χ2v) is 3.63. The van der Waals surface area contributed by atoms with E-state index in [0.717, 1.165) is 15.1 Å². The maximum Gasteiger partial charge on any atom is 0.0489 e. The van der Waals surface area contributed by atoms with Crippen LogP contribution in [-0.4, -0.2) is 6.54 Å². The number of hydrogen-bond acceptors (Lipinski definition) is 1.